The minimum absolute atomic E-state index is 0.00468. The van der Waals surface area contributed by atoms with Crippen molar-refractivity contribution in [3.63, 3.8) is 0 Å². The molecule has 0 fully saturated rings. The summed E-state index contributed by atoms with van der Waals surface area (Å²) in [5.74, 6) is -0.865. The number of nitrogens with two attached hydrogens (primary N) is 1. The maximum absolute atomic E-state index is 11.5. The van der Waals surface area contributed by atoms with E-state index in [1.165, 1.54) is 24.3 Å². The number of amides is 1. The highest BCUT2D eigenvalue weighted by atomic mass is 32.2. The number of carbonyl (C=O) groups excluding carboxylic acids is 1. The van der Waals surface area contributed by atoms with Gasteiger partial charge in [-0.2, -0.15) is 0 Å². The van der Waals surface area contributed by atoms with E-state index in [0.717, 1.165) is 0 Å². The molecule has 1 aromatic rings. The van der Waals surface area contributed by atoms with Gasteiger partial charge in [-0.05, 0) is 17.7 Å². The first-order chi connectivity index (χ1) is 7.38. The number of hydrogen-bond donors (Lipinski definition) is 2. The zero-order valence-corrected chi connectivity index (χ0v) is 9.57. The van der Waals surface area contributed by atoms with Crippen LogP contribution in [0.3, 0.4) is 0 Å². The summed E-state index contributed by atoms with van der Waals surface area (Å²) in [7, 11) is -3.26. The van der Waals surface area contributed by atoms with Crippen LogP contribution in [0.15, 0.2) is 29.2 Å². The number of hydrogen-bond acceptors (Lipinski definition) is 4. The maximum Gasteiger partial charge on any atom is 0.250 e. The molecule has 6 heteroatoms. The van der Waals surface area contributed by atoms with Crippen LogP contribution in [0.4, 0.5) is 0 Å². The highest BCUT2D eigenvalue weighted by Crippen LogP contribution is 2.16. The first-order valence-electron chi connectivity index (χ1n) is 4.68. The molecule has 0 aliphatic heterocycles. The molecule has 16 heavy (non-hydrogen) atoms. The van der Waals surface area contributed by atoms with Crippen molar-refractivity contribution in [2.45, 2.75) is 17.9 Å². The van der Waals surface area contributed by atoms with Gasteiger partial charge in [0.25, 0.3) is 5.91 Å². The molecule has 1 unspecified atom stereocenters. The molecule has 0 saturated heterocycles. The van der Waals surface area contributed by atoms with Crippen molar-refractivity contribution in [1.29, 1.82) is 0 Å². The molecule has 0 aromatic heterocycles. The summed E-state index contributed by atoms with van der Waals surface area (Å²) in [6.07, 6.45) is -1.40. The fourth-order valence-electron chi connectivity index (χ4n) is 1.19. The van der Waals surface area contributed by atoms with Crippen LogP contribution in [0.25, 0.3) is 0 Å². The first kappa shape index (κ1) is 12.7. The molecule has 1 atom stereocenters. The Morgan fingerprint density at radius 3 is 2.25 bits per heavy atom. The smallest absolute Gasteiger partial charge is 0.250 e. The van der Waals surface area contributed by atoms with Gasteiger partial charge in [0.05, 0.1) is 10.6 Å². The van der Waals surface area contributed by atoms with Crippen molar-refractivity contribution in [3.8, 4) is 0 Å². The Morgan fingerprint density at radius 1 is 1.38 bits per heavy atom. The Bertz CT molecular complexity index is 478. The van der Waals surface area contributed by atoms with Crippen LogP contribution in [0.5, 0.6) is 0 Å². The van der Waals surface area contributed by atoms with Crippen molar-refractivity contribution < 1.29 is 18.3 Å². The van der Waals surface area contributed by atoms with Crippen LogP contribution in [0.2, 0.25) is 0 Å². The van der Waals surface area contributed by atoms with E-state index in [9.17, 15) is 18.3 Å². The summed E-state index contributed by atoms with van der Waals surface area (Å²) in [4.78, 5) is 10.9. The second-order valence-electron chi connectivity index (χ2n) is 3.28. The molecule has 88 valence electrons. The van der Waals surface area contributed by atoms with E-state index in [0.29, 0.717) is 0 Å². The largest absolute Gasteiger partial charge is 0.378 e. The van der Waals surface area contributed by atoms with E-state index in [2.05, 4.69) is 0 Å². The number of aliphatic hydroxyl groups is 1. The van der Waals surface area contributed by atoms with Gasteiger partial charge in [0.15, 0.2) is 15.9 Å². The van der Waals surface area contributed by atoms with Gasteiger partial charge in [-0.15, -0.1) is 0 Å². The highest BCUT2D eigenvalue weighted by molar-refractivity contribution is 7.91. The van der Waals surface area contributed by atoms with Gasteiger partial charge in [-0.3, -0.25) is 4.79 Å². The van der Waals surface area contributed by atoms with Crippen LogP contribution in [-0.2, 0) is 14.6 Å². The lowest BCUT2D eigenvalue weighted by molar-refractivity contribution is -0.126. The fraction of sp³-hybridized carbons (Fsp3) is 0.300. The summed E-state index contributed by atoms with van der Waals surface area (Å²) >= 11 is 0. The lowest BCUT2D eigenvalue weighted by Gasteiger charge is -2.07. The predicted molar refractivity (Wildman–Crippen MR) is 58.3 cm³/mol. The number of rotatable bonds is 4. The molecule has 5 nitrogen and oxygen atoms in total. The van der Waals surface area contributed by atoms with Gasteiger partial charge in [0, 0.05) is 0 Å². The lowest BCUT2D eigenvalue weighted by atomic mass is 10.1. The van der Waals surface area contributed by atoms with Gasteiger partial charge < -0.3 is 10.8 Å². The Morgan fingerprint density at radius 2 is 1.88 bits per heavy atom. The fourth-order valence-corrected chi connectivity index (χ4v) is 2.07. The molecule has 3 N–H and O–H groups in total. The minimum Gasteiger partial charge on any atom is -0.378 e. The average molecular weight is 243 g/mol. The van der Waals surface area contributed by atoms with E-state index in [-0.39, 0.29) is 16.2 Å². The summed E-state index contributed by atoms with van der Waals surface area (Å²) in [6.45, 7) is 1.54. The van der Waals surface area contributed by atoms with Crippen molar-refractivity contribution in [1.82, 2.24) is 0 Å². The molecule has 0 aliphatic carbocycles. The van der Waals surface area contributed by atoms with E-state index < -0.39 is 21.8 Å². The second-order valence-corrected chi connectivity index (χ2v) is 5.56. The number of aliphatic hydroxyl groups excluding tert-OH is 1. The molecule has 0 bridgehead atoms. The van der Waals surface area contributed by atoms with E-state index in [1.807, 2.05) is 0 Å². The Labute approximate surface area is 93.8 Å². The molecule has 0 spiro atoms. The molecule has 1 aromatic carbocycles. The summed E-state index contributed by atoms with van der Waals surface area (Å²) in [5, 5.41) is 9.32. The third-order valence-electron chi connectivity index (χ3n) is 2.20. The van der Waals surface area contributed by atoms with Gasteiger partial charge in [0.2, 0.25) is 0 Å². The van der Waals surface area contributed by atoms with Crippen LogP contribution < -0.4 is 5.73 Å². The average Bonchev–Trinajstić information content (AvgIpc) is 2.28. The number of carbonyl (C=O) groups is 1. The molecular weight excluding hydrogens is 230 g/mol. The zero-order valence-electron chi connectivity index (χ0n) is 8.75. The Kier molecular flexibility index (Phi) is 3.66. The van der Waals surface area contributed by atoms with Crippen LogP contribution in [0.1, 0.15) is 18.6 Å². The quantitative estimate of drug-likeness (QED) is 0.777. The highest BCUT2D eigenvalue weighted by Gasteiger charge is 2.16. The third kappa shape index (κ3) is 2.59. The van der Waals surface area contributed by atoms with Crippen molar-refractivity contribution >= 4 is 15.7 Å². The molecule has 0 aliphatic rings. The standard InChI is InChI=1S/C10H13NO4S/c1-2-16(14,15)8-5-3-7(4-6-8)9(12)10(11)13/h3-6,9,12H,2H2,1H3,(H2,11,13). The number of primary amides is 1. The van der Waals surface area contributed by atoms with Gasteiger partial charge in [-0.25, -0.2) is 8.42 Å². The molecule has 0 heterocycles. The number of sulfone groups is 1. The molecule has 1 rings (SSSR count). The van der Waals surface area contributed by atoms with Crippen molar-refractivity contribution in [2.75, 3.05) is 5.75 Å². The Balaban J connectivity index is 3.05. The maximum atomic E-state index is 11.5. The van der Waals surface area contributed by atoms with E-state index in [4.69, 9.17) is 5.73 Å². The Hall–Kier alpha value is -1.40. The lowest BCUT2D eigenvalue weighted by Crippen LogP contribution is -2.20. The summed E-state index contributed by atoms with van der Waals surface area (Å²) in [5.41, 5.74) is 5.19. The monoisotopic (exact) mass is 243 g/mol. The summed E-state index contributed by atoms with van der Waals surface area (Å²) < 4.78 is 22.9. The second kappa shape index (κ2) is 4.63. The molecule has 1 amide bonds. The first-order valence-corrected chi connectivity index (χ1v) is 6.34. The van der Waals surface area contributed by atoms with E-state index >= 15 is 0 Å². The SMILES string of the molecule is CCS(=O)(=O)c1ccc(C(O)C(N)=O)cc1. The van der Waals surface area contributed by atoms with Gasteiger partial charge in [-0.1, -0.05) is 19.1 Å². The van der Waals surface area contributed by atoms with E-state index in [1.54, 1.807) is 6.92 Å². The number of benzene rings is 1. The van der Waals surface area contributed by atoms with Gasteiger partial charge in [0.1, 0.15) is 0 Å². The molecular formula is C10H13NO4S. The van der Waals surface area contributed by atoms with Crippen LogP contribution in [0, 0.1) is 0 Å². The topological polar surface area (TPSA) is 97.5 Å². The van der Waals surface area contributed by atoms with Crippen molar-refractivity contribution in [3.05, 3.63) is 29.8 Å². The molecule has 0 radical (unpaired) electrons. The van der Waals surface area contributed by atoms with Gasteiger partial charge >= 0.3 is 0 Å². The minimum atomic E-state index is -3.26. The normalized spacial score (nSPS) is 13.4. The van der Waals surface area contributed by atoms with Crippen LogP contribution in [-0.4, -0.2) is 25.2 Å². The third-order valence-corrected chi connectivity index (χ3v) is 3.95. The predicted octanol–water partition coefficient (Wildman–Crippen LogP) is -0.00110. The summed E-state index contributed by atoms with van der Waals surface area (Å²) in [6, 6.07) is 5.44. The van der Waals surface area contributed by atoms with Crippen molar-refractivity contribution in [2.24, 2.45) is 5.73 Å². The molecule has 0 saturated carbocycles. The van der Waals surface area contributed by atoms with Crippen LogP contribution >= 0.6 is 0 Å². The zero-order chi connectivity index (χ0) is 12.3.